The molecule has 2 fully saturated rings. The molecule has 2 N–H and O–H groups in total. The number of piperazine rings is 1. The van der Waals surface area contributed by atoms with Gasteiger partial charge in [-0.05, 0) is 50.6 Å². The average molecular weight is 510 g/mol. The largest absolute Gasteiger partial charge is 0.393 e. The topological polar surface area (TPSA) is 78.9 Å². The van der Waals surface area contributed by atoms with Gasteiger partial charge in [0.15, 0.2) is 0 Å². The number of anilines is 2. The van der Waals surface area contributed by atoms with Crippen molar-refractivity contribution in [3.8, 4) is 0 Å². The lowest BCUT2D eigenvalue weighted by atomic mass is 9.97. The van der Waals surface area contributed by atoms with Gasteiger partial charge in [-0.25, -0.2) is 4.39 Å². The molecule has 2 aliphatic rings. The first-order valence-electron chi connectivity index (χ1n) is 11.7. The SMILES string of the molecule is CC[C@H]1CN(c2cc([N+](=O)[O-])c(N)cc2Cl)CCN1C1CCN(Cc2ccc(Cl)cc2F)CC1. The van der Waals surface area contributed by atoms with E-state index in [4.69, 9.17) is 28.9 Å². The molecule has 0 aromatic heterocycles. The van der Waals surface area contributed by atoms with E-state index in [9.17, 15) is 14.5 Å². The van der Waals surface area contributed by atoms with Crippen LogP contribution >= 0.6 is 23.2 Å². The molecule has 34 heavy (non-hydrogen) atoms. The Morgan fingerprint density at radius 2 is 1.88 bits per heavy atom. The van der Waals surface area contributed by atoms with Crippen LogP contribution in [-0.4, -0.2) is 59.5 Å². The van der Waals surface area contributed by atoms with E-state index in [0.717, 1.165) is 52.0 Å². The Balaban J connectivity index is 1.38. The molecule has 2 aromatic carbocycles. The van der Waals surface area contributed by atoms with Crippen molar-refractivity contribution in [1.29, 1.82) is 0 Å². The lowest BCUT2D eigenvalue weighted by Gasteiger charge is -2.48. The molecule has 0 unspecified atom stereocenters. The highest BCUT2D eigenvalue weighted by atomic mass is 35.5. The van der Waals surface area contributed by atoms with Crippen LogP contribution in [0.2, 0.25) is 10.0 Å². The Labute approximate surface area is 209 Å². The third-order valence-corrected chi connectivity index (χ3v) is 7.61. The van der Waals surface area contributed by atoms with Gasteiger partial charge in [0, 0.05) is 54.9 Å². The normalized spacial score (nSPS) is 20.6. The van der Waals surface area contributed by atoms with Crippen LogP contribution in [0, 0.1) is 15.9 Å². The molecule has 10 heteroatoms. The smallest absolute Gasteiger partial charge is 0.294 e. The van der Waals surface area contributed by atoms with Crippen LogP contribution < -0.4 is 10.6 Å². The fourth-order valence-electron chi connectivity index (χ4n) is 5.20. The van der Waals surface area contributed by atoms with Gasteiger partial charge in [-0.1, -0.05) is 36.2 Å². The Hall–Kier alpha value is -2.13. The predicted molar refractivity (Wildman–Crippen MR) is 135 cm³/mol. The predicted octanol–water partition coefficient (Wildman–Crippen LogP) is 5.19. The van der Waals surface area contributed by atoms with E-state index >= 15 is 0 Å². The lowest BCUT2D eigenvalue weighted by molar-refractivity contribution is -0.383. The van der Waals surface area contributed by atoms with E-state index in [-0.39, 0.29) is 17.2 Å². The summed E-state index contributed by atoms with van der Waals surface area (Å²) in [5.41, 5.74) is 7.10. The maximum Gasteiger partial charge on any atom is 0.294 e. The van der Waals surface area contributed by atoms with E-state index in [1.54, 1.807) is 12.1 Å². The molecule has 4 rings (SSSR count). The Morgan fingerprint density at radius 3 is 2.53 bits per heavy atom. The van der Waals surface area contributed by atoms with Crippen LogP contribution in [0.25, 0.3) is 0 Å². The van der Waals surface area contributed by atoms with Crippen LogP contribution in [0.1, 0.15) is 31.7 Å². The van der Waals surface area contributed by atoms with Crippen molar-refractivity contribution in [2.45, 2.75) is 44.8 Å². The van der Waals surface area contributed by atoms with Gasteiger partial charge in [0.2, 0.25) is 0 Å². The Kier molecular flexibility index (Phi) is 7.82. The molecule has 2 saturated heterocycles. The van der Waals surface area contributed by atoms with Crippen molar-refractivity contribution in [1.82, 2.24) is 9.80 Å². The second-order valence-corrected chi connectivity index (χ2v) is 9.95. The van der Waals surface area contributed by atoms with E-state index in [0.29, 0.717) is 39.9 Å². The van der Waals surface area contributed by atoms with Gasteiger partial charge in [-0.15, -0.1) is 0 Å². The molecular weight excluding hydrogens is 480 g/mol. The fraction of sp³-hybridized carbons (Fsp3) is 0.500. The summed E-state index contributed by atoms with van der Waals surface area (Å²) >= 11 is 12.3. The van der Waals surface area contributed by atoms with Gasteiger partial charge >= 0.3 is 0 Å². The van der Waals surface area contributed by atoms with Crippen LogP contribution in [0.4, 0.5) is 21.5 Å². The zero-order chi connectivity index (χ0) is 24.4. The van der Waals surface area contributed by atoms with Gasteiger partial charge in [0.05, 0.1) is 15.6 Å². The zero-order valence-electron chi connectivity index (χ0n) is 19.2. The molecule has 184 valence electrons. The third-order valence-electron chi connectivity index (χ3n) is 7.07. The summed E-state index contributed by atoms with van der Waals surface area (Å²) < 4.78 is 14.2. The number of benzene rings is 2. The third kappa shape index (κ3) is 5.40. The number of hydrogen-bond acceptors (Lipinski definition) is 6. The maximum atomic E-state index is 14.2. The van der Waals surface area contributed by atoms with E-state index in [1.165, 1.54) is 18.2 Å². The Bertz CT molecular complexity index is 1050. The summed E-state index contributed by atoms with van der Waals surface area (Å²) in [6.45, 7) is 6.96. The molecule has 2 aromatic rings. The second kappa shape index (κ2) is 10.6. The first-order chi connectivity index (χ1) is 16.3. The summed E-state index contributed by atoms with van der Waals surface area (Å²) in [4.78, 5) is 17.9. The van der Waals surface area contributed by atoms with Crippen molar-refractivity contribution < 1.29 is 9.31 Å². The van der Waals surface area contributed by atoms with Crippen molar-refractivity contribution in [3.05, 3.63) is 61.9 Å². The lowest BCUT2D eigenvalue weighted by Crippen LogP contribution is -2.58. The number of nitrogens with zero attached hydrogens (tertiary/aromatic N) is 4. The summed E-state index contributed by atoms with van der Waals surface area (Å²) in [7, 11) is 0. The summed E-state index contributed by atoms with van der Waals surface area (Å²) in [5, 5.41) is 12.2. The van der Waals surface area contributed by atoms with Crippen molar-refractivity contribution in [2.75, 3.05) is 43.4 Å². The minimum Gasteiger partial charge on any atom is -0.393 e. The zero-order valence-corrected chi connectivity index (χ0v) is 20.7. The van der Waals surface area contributed by atoms with Crippen LogP contribution in [0.15, 0.2) is 30.3 Å². The first kappa shape index (κ1) is 25.0. The Morgan fingerprint density at radius 1 is 1.15 bits per heavy atom. The van der Waals surface area contributed by atoms with Crippen LogP contribution in [0.5, 0.6) is 0 Å². The molecule has 1 atom stereocenters. The monoisotopic (exact) mass is 509 g/mol. The molecule has 0 saturated carbocycles. The fourth-order valence-corrected chi connectivity index (χ4v) is 5.65. The highest BCUT2D eigenvalue weighted by Gasteiger charge is 2.34. The number of nitro benzene ring substituents is 1. The highest BCUT2D eigenvalue weighted by Crippen LogP contribution is 2.36. The summed E-state index contributed by atoms with van der Waals surface area (Å²) in [5.74, 6) is -0.252. The molecule has 0 bridgehead atoms. The quantitative estimate of drug-likeness (QED) is 0.328. The van der Waals surface area contributed by atoms with Crippen molar-refractivity contribution >= 4 is 40.3 Å². The molecule has 0 aliphatic carbocycles. The second-order valence-electron chi connectivity index (χ2n) is 9.11. The van der Waals surface area contributed by atoms with Crippen LogP contribution in [0.3, 0.4) is 0 Å². The van der Waals surface area contributed by atoms with Gasteiger partial charge in [-0.2, -0.15) is 0 Å². The number of nitrogens with two attached hydrogens (primary N) is 1. The minimum absolute atomic E-state index is 0.0784. The minimum atomic E-state index is -0.466. The van der Waals surface area contributed by atoms with Gasteiger partial charge in [-0.3, -0.25) is 19.9 Å². The summed E-state index contributed by atoms with van der Waals surface area (Å²) in [6.07, 6.45) is 3.03. The van der Waals surface area contributed by atoms with Gasteiger partial charge in [0.25, 0.3) is 5.69 Å². The molecular formula is C24H30Cl2FN5O2. The molecule has 0 radical (unpaired) electrons. The van der Waals surface area contributed by atoms with Crippen molar-refractivity contribution in [3.63, 3.8) is 0 Å². The van der Waals surface area contributed by atoms with Gasteiger partial charge in [0.1, 0.15) is 11.5 Å². The average Bonchev–Trinajstić information content (AvgIpc) is 2.81. The molecule has 2 aliphatic heterocycles. The molecule has 2 heterocycles. The number of piperidine rings is 1. The van der Waals surface area contributed by atoms with Gasteiger partial charge < -0.3 is 10.6 Å². The van der Waals surface area contributed by atoms with E-state index in [1.807, 2.05) is 0 Å². The maximum absolute atomic E-state index is 14.2. The molecule has 0 spiro atoms. The van der Waals surface area contributed by atoms with E-state index < -0.39 is 4.92 Å². The van der Waals surface area contributed by atoms with E-state index in [2.05, 4.69) is 21.6 Å². The summed E-state index contributed by atoms with van der Waals surface area (Å²) in [6, 6.07) is 8.64. The number of nitrogen functional groups attached to an aromatic ring is 1. The number of halogens is 3. The number of likely N-dealkylation sites (tertiary alicyclic amines) is 1. The molecule has 7 nitrogen and oxygen atoms in total. The first-order valence-corrected chi connectivity index (χ1v) is 12.4. The van der Waals surface area contributed by atoms with Crippen LogP contribution in [-0.2, 0) is 6.54 Å². The standard InChI is InChI=1S/C24H30Cl2FN5O2/c1-2-18-15-30(23-13-24(32(33)34)22(28)12-20(23)26)9-10-31(18)19-5-7-29(8-6-19)14-16-3-4-17(25)11-21(16)27/h3-4,11-13,18-19H,2,5-10,14-15,28H2,1H3/t18-/m0/s1. The number of hydrogen-bond donors (Lipinski definition) is 1. The highest BCUT2D eigenvalue weighted by molar-refractivity contribution is 6.33. The molecule has 0 amide bonds. The number of nitro groups is 1. The number of rotatable bonds is 6. The van der Waals surface area contributed by atoms with Crippen molar-refractivity contribution in [2.24, 2.45) is 0 Å².